The van der Waals surface area contributed by atoms with Gasteiger partial charge in [-0.1, -0.05) is 23.8 Å². The maximum atomic E-state index is 12.3. The molecule has 1 unspecified atom stereocenters. The van der Waals surface area contributed by atoms with E-state index in [1.807, 2.05) is 38.3 Å². The summed E-state index contributed by atoms with van der Waals surface area (Å²) in [6.45, 7) is 7.25. The van der Waals surface area contributed by atoms with Crippen molar-refractivity contribution >= 4 is 5.91 Å². The zero-order chi connectivity index (χ0) is 17.0. The molecule has 124 valence electrons. The van der Waals surface area contributed by atoms with E-state index in [2.05, 4.69) is 42.5 Å². The van der Waals surface area contributed by atoms with Gasteiger partial charge in [0.2, 0.25) is 5.91 Å². The second kappa shape index (κ2) is 7.42. The van der Waals surface area contributed by atoms with Crippen LogP contribution in [0.25, 0.3) is 0 Å². The van der Waals surface area contributed by atoms with Crippen LogP contribution >= 0.6 is 0 Å². The molecule has 1 atom stereocenters. The zero-order valence-electron chi connectivity index (χ0n) is 14.6. The minimum Gasteiger partial charge on any atom is -0.348 e. The van der Waals surface area contributed by atoms with Crippen LogP contribution in [0.15, 0.2) is 30.6 Å². The summed E-state index contributed by atoms with van der Waals surface area (Å²) >= 11 is 0. The first-order chi connectivity index (χ1) is 10.8. The average molecular weight is 314 g/mol. The number of benzene rings is 1. The molecule has 2 aromatic rings. The molecule has 0 spiro atoms. The van der Waals surface area contributed by atoms with E-state index in [0.29, 0.717) is 13.1 Å². The van der Waals surface area contributed by atoms with Gasteiger partial charge in [-0.15, -0.1) is 0 Å². The van der Waals surface area contributed by atoms with Gasteiger partial charge in [-0.05, 0) is 38.9 Å². The Labute approximate surface area is 138 Å². The maximum Gasteiger partial charge on any atom is 0.234 e. The molecule has 0 saturated carbocycles. The summed E-state index contributed by atoms with van der Waals surface area (Å²) in [5, 5.41) is 7.23. The van der Waals surface area contributed by atoms with Gasteiger partial charge in [-0.2, -0.15) is 5.10 Å². The number of likely N-dealkylation sites (N-methyl/N-ethyl adjacent to an activating group) is 1. The molecule has 0 saturated heterocycles. The standard InChI is InChI=1S/C18H26N4O/c1-13-6-7-14(2)17(8-13)15(3)20-18(23)12-21(4)10-16-9-19-22(5)11-16/h6-9,11,15H,10,12H2,1-5H3,(H,20,23). The first-order valence-electron chi connectivity index (χ1n) is 7.87. The van der Waals surface area contributed by atoms with Gasteiger partial charge >= 0.3 is 0 Å². The smallest absolute Gasteiger partial charge is 0.234 e. The number of hydrogen-bond donors (Lipinski definition) is 1. The van der Waals surface area contributed by atoms with Crippen molar-refractivity contribution in [2.24, 2.45) is 7.05 Å². The third-order valence-corrected chi connectivity index (χ3v) is 3.90. The van der Waals surface area contributed by atoms with Gasteiger partial charge in [0.15, 0.2) is 0 Å². The Hall–Kier alpha value is -2.14. The van der Waals surface area contributed by atoms with Gasteiger partial charge in [0.25, 0.3) is 0 Å². The van der Waals surface area contributed by atoms with Crippen LogP contribution in [-0.2, 0) is 18.4 Å². The topological polar surface area (TPSA) is 50.2 Å². The number of carbonyl (C=O) groups is 1. The lowest BCUT2D eigenvalue weighted by atomic mass is 10.00. The maximum absolute atomic E-state index is 12.3. The van der Waals surface area contributed by atoms with Gasteiger partial charge < -0.3 is 5.32 Å². The van der Waals surface area contributed by atoms with E-state index in [-0.39, 0.29) is 11.9 Å². The van der Waals surface area contributed by atoms with Crippen molar-refractivity contribution in [3.05, 3.63) is 52.8 Å². The number of nitrogens with zero attached hydrogens (tertiary/aromatic N) is 3. The SMILES string of the molecule is Cc1ccc(C)c(C(C)NC(=O)CN(C)Cc2cnn(C)c2)c1. The van der Waals surface area contributed by atoms with Crippen molar-refractivity contribution < 1.29 is 4.79 Å². The minimum absolute atomic E-state index is 0.00851. The Balaban J connectivity index is 1.89. The number of amides is 1. The van der Waals surface area contributed by atoms with Gasteiger partial charge in [0.1, 0.15) is 0 Å². The van der Waals surface area contributed by atoms with Gasteiger partial charge in [0, 0.05) is 25.4 Å². The highest BCUT2D eigenvalue weighted by Crippen LogP contribution is 2.18. The molecular weight excluding hydrogens is 288 g/mol. The second-order valence-electron chi connectivity index (χ2n) is 6.34. The van der Waals surface area contributed by atoms with Crippen LogP contribution in [0.3, 0.4) is 0 Å². The van der Waals surface area contributed by atoms with Crippen LogP contribution in [0.2, 0.25) is 0 Å². The van der Waals surface area contributed by atoms with Crippen LogP contribution in [-0.4, -0.2) is 34.2 Å². The van der Waals surface area contributed by atoms with Crippen molar-refractivity contribution in [3.63, 3.8) is 0 Å². The molecular formula is C18H26N4O. The largest absolute Gasteiger partial charge is 0.348 e. The van der Waals surface area contributed by atoms with E-state index in [1.165, 1.54) is 16.7 Å². The highest BCUT2D eigenvalue weighted by atomic mass is 16.2. The second-order valence-corrected chi connectivity index (χ2v) is 6.34. The van der Waals surface area contributed by atoms with Crippen LogP contribution in [0.4, 0.5) is 0 Å². The number of rotatable bonds is 6. The lowest BCUT2D eigenvalue weighted by Crippen LogP contribution is -2.36. The monoisotopic (exact) mass is 314 g/mol. The molecule has 5 nitrogen and oxygen atoms in total. The van der Waals surface area contributed by atoms with E-state index in [1.54, 1.807) is 4.68 Å². The molecule has 1 N–H and O–H groups in total. The first kappa shape index (κ1) is 17.2. The van der Waals surface area contributed by atoms with Crippen LogP contribution in [0.5, 0.6) is 0 Å². The van der Waals surface area contributed by atoms with Crippen molar-refractivity contribution in [2.45, 2.75) is 33.4 Å². The number of nitrogens with one attached hydrogen (secondary N) is 1. The summed E-state index contributed by atoms with van der Waals surface area (Å²) in [7, 11) is 3.83. The number of aromatic nitrogens is 2. The van der Waals surface area contributed by atoms with Crippen molar-refractivity contribution in [1.82, 2.24) is 20.0 Å². The van der Waals surface area contributed by atoms with Gasteiger partial charge in [-0.3, -0.25) is 14.4 Å². The molecule has 1 aromatic heterocycles. The first-order valence-corrected chi connectivity index (χ1v) is 7.87. The van der Waals surface area contributed by atoms with Gasteiger partial charge in [0.05, 0.1) is 18.8 Å². The summed E-state index contributed by atoms with van der Waals surface area (Å²) in [5.41, 5.74) is 4.69. The van der Waals surface area contributed by atoms with Crippen molar-refractivity contribution in [3.8, 4) is 0 Å². The molecule has 0 aliphatic rings. The molecule has 2 rings (SSSR count). The molecule has 1 amide bonds. The number of carbonyl (C=O) groups excluding carboxylic acids is 1. The van der Waals surface area contributed by atoms with E-state index >= 15 is 0 Å². The van der Waals surface area contributed by atoms with E-state index < -0.39 is 0 Å². The summed E-state index contributed by atoms with van der Waals surface area (Å²) in [5.74, 6) is 0.0322. The fourth-order valence-electron chi connectivity index (χ4n) is 2.76. The predicted octanol–water partition coefficient (Wildman–Crippen LogP) is 2.35. The summed E-state index contributed by atoms with van der Waals surface area (Å²) < 4.78 is 1.77. The van der Waals surface area contributed by atoms with Gasteiger partial charge in [-0.25, -0.2) is 0 Å². The number of hydrogen-bond acceptors (Lipinski definition) is 3. The molecule has 0 aliphatic carbocycles. The summed E-state index contributed by atoms with van der Waals surface area (Å²) in [6, 6.07) is 6.34. The summed E-state index contributed by atoms with van der Waals surface area (Å²) in [4.78, 5) is 14.2. The van der Waals surface area contributed by atoms with E-state index in [0.717, 1.165) is 5.56 Å². The van der Waals surface area contributed by atoms with Crippen molar-refractivity contribution in [1.29, 1.82) is 0 Å². The predicted molar refractivity (Wildman–Crippen MR) is 92.0 cm³/mol. The molecule has 0 bridgehead atoms. The fourth-order valence-corrected chi connectivity index (χ4v) is 2.76. The molecule has 1 aromatic carbocycles. The average Bonchev–Trinajstić information content (AvgIpc) is 2.86. The van der Waals surface area contributed by atoms with Crippen LogP contribution in [0, 0.1) is 13.8 Å². The quantitative estimate of drug-likeness (QED) is 0.890. The lowest BCUT2D eigenvalue weighted by molar-refractivity contribution is -0.122. The Morgan fingerprint density at radius 3 is 2.78 bits per heavy atom. The lowest BCUT2D eigenvalue weighted by Gasteiger charge is -2.20. The number of aryl methyl sites for hydroxylation is 3. The molecule has 0 fully saturated rings. The fraction of sp³-hybridized carbons (Fsp3) is 0.444. The third-order valence-electron chi connectivity index (χ3n) is 3.90. The van der Waals surface area contributed by atoms with E-state index in [4.69, 9.17) is 0 Å². The third kappa shape index (κ3) is 4.93. The molecule has 1 heterocycles. The minimum atomic E-state index is 0.00851. The van der Waals surface area contributed by atoms with E-state index in [9.17, 15) is 4.79 Å². The molecule has 5 heteroatoms. The Morgan fingerprint density at radius 2 is 2.13 bits per heavy atom. The highest BCUT2D eigenvalue weighted by Gasteiger charge is 2.14. The molecule has 0 radical (unpaired) electrons. The molecule has 23 heavy (non-hydrogen) atoms. The zero-order valence-corrected chi connectivity index (χ0v) is 14.6. The summed E-state index contributed by atoms with van der Waals surface area (Å²) in [6.07, 6.45) is 3.79. The van der Waals surface area contributed by atoms with Crippen molar-refractivity contribution in [2.75, 3.05) is 13.6 Å². The molecule has 0 aliphatic heterocycles. The Kier molecular flexibility index (Phi) is 5.55. The highest BCUT2D eigenvalue weighted by molar-refractivity contribution is 5.78. The van der Waals surface area contributed by atoms with Crippen LogP contribution < -0.4 is 5.32 Å². The Bertz CT molecular complexity index is 677. The Morgan fingerprint density at radius 1 is 1.39 bits per heavy atom. The normalized spacial score (nSPS) is 12.4. The van der Waals surface area contributed by atoms with Crippen LogP contribution in [0.1, 0.15) is 35.2 Å².